The smallest absolute Gasteiger partial charge is 0.144 e. The molecule has 1 aliphatic carbocycles. The number of benzene rings is 1. The van der Waals surface area contributed by atoms with Crippen molar-refractivity contribution < 1.29 is 8.42 Å². The van der Waals surface area contributed by atoms with Crippen LogP contribution in [0.3, 0.4) is 0 Å². The highest BCUT2D eigenvalue weighted by atomic mass is 32.2. The number of thiol groups is 1. The molecular formula is C10H13NO2S. The van der Waals surface area contributed by atoms with Crippen LogP contribution < -0.4 is 5.73 Å². The summed E-state index contributed by atoms with van der Waals surface area (Å²) >= 11 is 0. The van der Waals surface area contributed by atoms with Crippen LogP contribution in [-0.2, 0) is 22.9 Å². The summed E-state index contributed by atoms with van der Waals surface area (Å²) in [4.78, 5) is 0. The third kappa shape index (κ3) is 1.81. The van der Waals surface area contributed by atoms with Gasteiger partial charge in [-0.15, -0.1) is 0 Å². The van der Waals surface area contributed by atoms with E-state index in [1.165, 1.54) is 5.56 Å². The first-order valence-electron chi connectivity index (χ1n) is 4.66. The minimum absolute atomic E-state index is 0.0921. The van der Waals surface area contributed by atoms with E-state index >= 15 is 0 Å². The molecule has 2 rings (SSSR count). The second-order valence-electron chi connectivity index (χ2n) is 3.67. The summed E-state index contributed by atoms with van der Waals surface area (Å²) in [6.45, 7) is 0. The van der Waals surface area contributed by atoms with Crippen molar-refractivity contribution in [3.63, 3.8) is 0 Å². The first-order chi connectivity index (χ1) is 6.66. The average Bonchev–Trinajstić information content (AvgIpc) is 2.47. The maximum absolute atomic E-state index is 10.6. The van der Waals surface area contributed by atoms with Crippen LogP contribution in [0.2, 0.25) is 0 Å². The molecular weight excluding hydrogens is 198 g/mol. The zero-order valence-electron chi connectivity index (χ0n) is 7.77. The highest BCUT2D eigenvalue weighted by Crippen LogP contribution is 2.29. The molecule has 1 unspecified atom stereocenters. The van der Waals surface area contributed by atoms with Crippen LogP contribution in [0, 0.1) is 0 Å². The standard InChI is InChI=1S/C10H13NO2S/c11-10-4-3-8-2-1-7(5-9(8)10)6-14(12)13/h1-2,5,10,14H,3-4,6,11H2. The van der Waals surface area contributed by atoms with Crippen molar-refractivity contribution in [1.29, 1.82) is 0 Å². The minimum atomic E-state index is -2.34. The molecule has 0 heterocycles. The van der Waals surface area contributed by atoms with Crippen LogP contribution in [0.25, 0.3) is 0 Å². The van der Waals surface area contributed by atoms with Crippen LogP contribution in [-0.4, -0.2) is 8.42 Å². The number of nitrogens with two attached hydrogens (primary N) is 1. The number of hydrogen-bond acceptors (Lipinski definition) is 3. The van der Waals surface area contributed by atoms with E-state index in [9.17, 15) is 8.42 Å². The average molecular weight is 211 g/mol. The van der Waals surface area contributed by atoms with Gasteiger partial charge in [0, 0.05) is 6.04 Å². The second-order valence-corrected chi connectivity index (χ2v) is 4.65. The summed E-state index contributed by atoms with van der Waals surface area (Å²) in [6.07, 6.45) is 1.99. The third-order valence-electron chi connectivity index (χ3n) is 2.65. The van der Waals surface area contributed by atoms with Gasteiger partial charge in [0.1, 0.15) is 10.7 Å². The van der Waals surface area contributed by atoms with Crippen LogP contribution >= 0.6 is 0 Å². The minimum Gasteiger partial charge on any atom is -0.324 e. The van der Waals surface area contributed by atoms with E-state index in [1.807, 2.05) is 18.2 Å². The van der Waals surface area contributed by atoms with Gasteiger partial charge in [0.2, 0.25) is 0 Å². The monoisotopic (exact) mass is 211 g/mol. The fraction of sp³-hybridized carbons (Fsp3) is 0.400. The molecule has 0 fully saturated rings. The van der Waals surface area contributed by atoms with Gasteiger partial charge in [0.05, 0.1) is 5.75 Å². The molecule has 0 aliphatic heterocycles. The van der Waals surface area contributed by atoms with Gasteiger partial charge in [0.15, 0.2) is 0 Å². The number of rotatable bonds is 2. The molecule has 4 heteroatoms. The van der Waals surface area contributed by atoms with Gasteiger partial charge in [0.25, 0.3) is 0 Å². The Morgan fingerprint density at radius 3 is 2.93 bits per heavy atom. The molecule has 2 N–H and O–H groups in total. The van der Waals surface area contributed by atoms with Gasteiger partial charge in [-0.25, -0.2) is 8.42 Å². The first-order valence-corrected chi connectivity index (χ1v) is 6.02. The molecule has 76 valence electrons. The van der Waals surface area contributed by atoms with Crippen molar-refractivity contribution >= 4 is 10.7 Å². The molecule has 1 atom stereocenters. The quantitative estimate of drug-likeness (QED) is 0.709. The highest BCUT2D eigenvalue weighted by Gasteiger charge is 2.18. The number of hydrogen-bond donors (Lipinski definition) is 2. The van der Waals surface area contributed by atoms with E-state index in [-0.39, 0.29) is 11.8 Å². The Kier molecular flexibility index (Phi) is 2.56. The molecule has 0 aromatic heterocycles. The first kappa shape index (κ1) is 9.68. The molecule has 3 nitrogen and oxygen atoms in total. The summed E-state index contributed by atoms with van der Waals surface area (Å²) in [5.74, 6) is 0.120. The Morgan fingerprint density at radius 1 is 1.43 bits per heavy atom. The fourth-order valence-corrected chi connectivity index (χ4v) is 2.43. The topological polar surface area (TPSA) is 60.2 Å². The lowest BCUT2D eigenvalue weighted by molar-refractivity contribution is 0.614. The number of aryl methyl sites for hydroxylation is 1. The molecule has 1 aromatic rings. The molecule has 0 amide bonds. The summed E-state index contributed by atoms with van der Waals surface area (Å²) in [5, 5.41) is 0. The Balaban J connectivity index is 2.34. The van der Waals surface area contributed by atoms with E-state index < -0.39 is 10.7 Å². The molecule has 0 saturated carbocycles. The zero-order valence-corrected chi connectivity index (χ0v) is 8.67. The Labute approximate surface area is 84.9 Å². The molecule has 0 saturated heterocycles. The molecule has 14 heavy (non-hydrogen) atoms. The van der Waals surface area contributed by atoms with Gasteiger partial charge in [-0.1, -0.05) is 18.2 Å². The number of fused-ring (bicyclic) bond motifs is 1. The van der Waals surface area contributed by atoms with Crippen molar-refractivity contribution in [2.75, 3.05) is 0 Å². The van der Waals surface area contributed by atoms with Gasteiger partial charge in [-0.05, 0) is 29.5 Å². The van der Waals surface area contributed by atoms with Gasteiger partial charge >= 0.3 is 0 Å². The van der Waals surface area contributed by atoms with E-state index in [2.05, 4.69) is 0 Å². The van der Waals surface area contributed by atoms with Gasteiger partial charge in [-0.3, -0.25) is 0 Å². The molecule has 1 aromatic carbocycles. The Morgan fingerprint density at radius 2 is 2.21 bits per heavy atom. The largest absolute Gasteiger partial charge is 0.324 e. The fourth-order valence-electron chi connectivity index (χ4n) is 1.93. The molecule has 0 spiro atoms. The normalized spacial score (nSPS) is 20.0. The van der Waals surface area contributed by atoms with Crippen LogP contribution in [0.5, 0.6) is 0 Å². The lowest BCUT2D eigenvalue weighted by Gasteiger charge is -2.05. The van der Waals surface area contributed by atoms with Crippen molar-refractivity contribution in [1.82, 2.24) is 0 Å². The summed E-state index contributed by atoms with van der Waals surface area (Å²) < 4.78 is 21.1. The summed E-state index contributed by atoms with van der Waals surface area (Å²) in [6, 6.07) is 5.89. The second kappa shape index (κ2) is 3.71. The van der Waals surface area contributed by atoms with Crippen LogP contribution in [0.15, 0.2) is 18.2 Å². The van der Waals surface area contributed by atoms with Gasteiger partial charge < -0.3 is 5.73 Å². The van der Waals surface area contributed by atoms with Gasteiger partial charge in [-0.2, -0.15) is 0 Å². The predicted octanol–water partition coefficient (Wildman–Crippen LogP) is 0.744. The Hall–Kier alpha value is -0.870. The zero-order chi connectivity index (χ0) is 10.1. The molecule has 0 radical (unpaired) electrons. The SMILES string of the molecule is NC1CCc2ccc(C[SH](=O)=O)cc21. The van der Waals surface area contributed by atoms with E-state index in [1.54, 1.807) is 0 Å². The molecule has 0 bridgehead atoms. The van der Waals surface area contributed by atoms with Crippen molar-refractivity contribution in [3.8, 4) is 0 Å². The van der Waals surface area contributed by atoms with Crippen molar-refractivity contribution in [3.05, 3.63) is 34.9 Å². The maximum atomic E-state index is 10.6. The van der Waals surface area contributed by atoms with E-state index in [0.29, 0.717) is 0 Å². The van der Waals surface area contributed by atoms with E-state index in [4.69, 9.17) is 5.73 Å². The predicted molar refractivity (Wildman–Crippen MR) is 55.7 cm³/mol. The lowest BCUT2D eigenvalue weighted by Crippen LogP contribution is -2.05. The summed E-state index contributed by atoms with van der Waals surface area (Å²) in [5.41, 5.74) is 9.13. The van der Waals surface area contributed by atoms with Crippen LogP contribution in [0.4, 0.5) is 0 Å². The summed E-state index contributed by atoms with van der Waals surface area (Å²) in [7, 11) is -2.34. The molecule has 1 aliphatic rings. The van der Waals surface area contributed by atoms with E-state index in [0.717, 1.165) is 24.0 Å². The van der Waals surface area contributed by atoms with Crippen LogP contribution in [0.1, 0.15) is 29.2 Å². The van der Waals surface area contributed by atoms with Crippen molar-refractivity contribution in [2.45, 2.75) is 24.6 Å². The van der Waals surface area contributed by atoms with Crippen molar-refractivity contribution in [2.24, 2.45) is 5.73 Å². The third-order valence-corrected chi connectivity index (χ3v) is 3.27. The lowest BCUT2D eigenvalue weighted by atomic mass is 10.1. The maximum Gasteiger partial charge on any atom is 0.144 e. The highest BCUT2D eigenvalue weighted by molar-refractivity contribution is 7.71. The Bertz CT molecular complexity index is 418.